The number of fused-ring (bicyclic) bond motifs is 1. The minimum absolute atomic E-state index is 0.196. The van der Waals surface area contributed by atoms with E-state index in [2.05, 4.69) is 18.2 Å². The Morgan fingerprint density at radius 3 is 2.50 bits per heavy atom. The number of piperazine rings is 1. The van der Waals surface area contributed by atoms with Crippen LogP contribution >= 0.6 is 11.8 Å². The van der Waals surface area contributed by atoms with Crippen LogP contribution in [0.4, 0.5) is 0 Å². The molecule has 4 nitrogen and oxygen atoms in total. The second-order valence-electron chi connectivity index (χ2n) is 7.76. The molecule has 0 aromatic heterocycles. The van der Waals surface area contributed by atoms with Gasteiger partial charge in [-0.15, -0.1) is 11.8 Å². The molecule has 4 rings (SSSR count). The molecule has 140 valence electrons. The van der Waals surface area contributed by atoms with Crippen LogP contribution in [0.15, 0.2) is 23.1 Å². The first-order chi connectivity index (χ1) is 12.7. The van der Waals surface area contributed by atoms with Gasteiger partial charge in [-0.25, -0.2) is 0 Å². The molecule has 3 aliphatic rings. The lowest BCUT2D eigenvalue weighted by atomic mass is 10.0. The van der Waals surface area contributed by atoms with Crippen molar-refractivity contribution >= 4 is 23.6 Å². The summed E-state index contributed by atoms with van der Waals surface area (Å²) >= 11 is 1.92. The van der Waals surface area contributed by atoms with Crippen LogP contribution in [-0.4, -0.2) is 53.5 Å². The van der Waals surface area contributed by atoms with Crippen molar-refractivity contribution in [1.29, 1.82) is 0 Å². The number of aryl methyl sites for hydroxylation is 1. The van der Waals surface area contributed by atoms with E-state index in [1.165, 1.54) is 35.5 Å². The molecule has 1 aromatic carbocycles. The first-order valence-corrected chi connectivity index (χ1v) is 11.0. The maximum atomic E-state index is 12.7. The highest BCUT2D eigenvalue weighted by molar-refractivity contribution is 7.99. The number of carbonyl (C=O) groups excluding carboxylic acids is 2. The number of hydrogen-bond acceptors (Lipinski definition) is 3. The van der Waals surface area contributed by atoms with Gasteiger partial charge in [-0.3, -0.25) is 9.59 Å². The van der Waals surface area contributed by atoms with E-state index in [1.807, 2.05) is 21.6 Å². The third-order valence-corrected chi connectivity index (χ3v) is 7.18. The Morgan fingerprint density at radius 2 is 1.73 bits per heavy atom. The van der Waals surface area contributed by atoms with Gasteiger partial charge in [0, 0.05) is 37.0 Å². The third-order valence-electron chi connectivity index (χ3n) is 5.98. The Labute approximate surface area is 160 Å². The minimum Gasteiger partial charge on any atom is -0.339 e. The quantitative estimate of drug-likeness (QED) is 0.818. The summed E-state index contributed by atoms with van der Waals surface area (Å²) in [5.41, 5.74) is 2.53. The van der Waals surface area contributed by atoms with Crippen molar-refractivity contribution in [2.75, 3.05) is 31.9 Å². The number of nitrogens with zero attached hydrogens (tertiary/aromatic N) is 2. The Hall–Kier alpha value is -1.49. The lowest BCUT2D eigenvalue weighted by Crippen LogP contribution is -2.52. The van der Waals surface area contributed by atoms with Crippen molar-refractivity contribution in [2.45, 2.75) is 49.8 Å². The van der Waals surface area contributed by atoms with Crippen LogP contribution < -0.4 is 0 Å². The summed E-state index contributed by atoms with van der Waals surface area (Å²) in [5.74, 6) is 1.96. The molecule has 2 heterocycles. The first-order valence-electron chi connectivity index (χ1n) is 10.0. The van der Waals surface area contributed by atoms with Crippen LogP contribution in [0.2, 0.25) is 0 Å². The Bertz CT molecular complexity index is 677. The molecule has 0 bridgehead atoms. The fourth-order valence-corrected chi connectivity index (χ4v) is 5.44. The molecular formula is C21H28N2O2S. The fraction of sp³-hybridized carbons (Fsp3) is 0.619. The van der Waals surface area contributed by atoms with Crippen LogP contribution in [0, 0.1) is 5.92 Å². The number of hydrogen-bond donors (Lipinski definition) is 0. The number of rotatable bonds is 3. The van der Waals surface area contributed by atoms with Crippen LogP contribution in [0.5, 0.6) is 0 Å². The second-order valence-corrected chi connectivity index (χ2v) is 8.90. The van der Waals surface area contributed by atoms with Crippen LogP contribution in [0.25, 0.3) is 0 Å². The second kappa shape index (κ2) is 8.03. The van der Waals surface area contributed by atoms with Crippen molar-refractivity contribution in [3.8, 4) is 0 Å². The first kappa shape index (κ1) is 17.9. The van der Waals surface area contributed by atoms with Gasteiger partial charge in [0.2, 0.25) is 11.8 Å². The molecule has 1 saturated heterocycles. The van der Waals surface area contributed by atoms with Gasteiger partial charge in [0.1, 0.15) is 0 Å². The maximum absolute atomic E-state index is 12.7. The van der Waals surface area contributed by atoms with Crippen molar-refractivity contribution < 1.29 is 9.59 Å². The zero-order valence-corrected chi connectivity index (χ0v) is 16.2. The topological polar surface area (TPSA) is 40.6 Å². The van der Waals surface area contributed by atoms with Crippen molar-refractivity contribution in [2.24, 2.45) is 5.92 Å². The standard InChI is InChI=1S/C21H28N2O2S/c24-20(15-16-7-8-19-18(14-16)6-3-13-26-19)22-9-11-23(12-10-22)21(25)17-4-1-2-5-17/h7-8,14,17H,1-6,9-13,15H2. The predicted octanol–water partition coefficient (Wildman–Crippen LogP) is 3.13. The summed E-state index contributed by atoms with van der Waals surface area (Å²) in [7, 11) is 0. The number of carbonyl (C=O) groups is 2. The smallest absolute Gasteiger partial charge is 0.227 e. The molecule has 1 saturated carbocycles. The zero-order valence-electron chi connectivity index (χ0n) is 15.4. The van der Waals surface area contributed by atoms with Gasteiger partial charge in [0.15, 0.2) is 0 Å². The molecule has 0 unspecified atom stereocenters. The third kappa shape index (κ3) is 3.93. The molecule has 1 aliphatic carbocycles. The SMILES string of the molecule is O=C(Cc1ccc2c(c1)CCCS2)N1CCN(C(=O)C2CCCC2)CC1. The van der Waals surface area contributed by atoms with E-state index >= 15 is 0 Å². The molecule has 5 heteroatoms. The van der Waals surface area contributed by atoms with Gasteiger partial charge in [-0.1, -0.05) is 25.0 Å². The van der Waals surface area contributed by atoms with Gasteiger partial charge in [0.05, 0.1) is 6.42 Å². The normalized spacial score (nSPS) is 20.9. The molecule has 26 heavy (non-hydrogen) atoms. The highest BCUT2D eigenvalue weighted by atomic mass is 32.2. The molecule has 0 radical (unpaired) electrons. The molecule has 2 aliphatic heterocycles. The van der Waals surface area contributed by atoms with Crippen molar-refractivity contribution in [3.63, 3.8) is 0 Å². The molecule has 2 amide bonds. The summed E-state index contributed by atoms with van der Waals surface area (Å²) in [6, 6.07) is 6.51. The van der Waals surface area contributed by atoms with E-state index in [-0.39, 0.29) is 11.8 Å². The zero-order chi connectivity index (χ0) is 17.9. The average Bonchev–Trinajstić information content (AvgIpc) is 3.22. The molecule has 0 N–H and O–H groups in total. The fourth-order valence-electron chi connectivity index (χ4n) is 4.42. The molecule has 1 aromatic rings. The highest BCUT2D eigenvalue weighted by Gasteiger charge is 2.30. The molecule has 0 atom stereocenters. The van der Waals surface area contributed by atoms with Crippen molar-refractivity contribution in [3.05, 3.63) is 29.3 Å². The van der Waals surface area contributed by atoms with Gasteiger partial charge < -0.3 is 9.80 Å². The van der Waals surface area contributed by atoms with Crippen LogP contribution in [-0.2, 0) is 22.4 Å². The highest BCUT2D eigenvalue weighted by Crippen LogP contribution is 2.31. The Morgan fingerprint density at radius 1 is 1.00 bits per heavy atom. The van der Waals surface area contributed by atoms with Crippen LogP contribution in [0.1, 0.15) is 43.2 Å². The van der Waals surface area contributed by atoms with Crippen molar-refractivity contribution in [1.82, 2.24) is 9.80 Å². The minimum atomic E-state index is 0.196. The summed E-state index contributed by atoms with van der Waals surface area (Å²) in [4.78, 5) is 30.5. The lowest BCUT2D eigenvalue weighted by molar-refractivity contribution is -0.141. The van der Waals surface area contributed by atoms with E-state index < -0.39 is 0 Å². The number of amides is 2. The summed E-state index contributed by atoms with van der Waals surface area (Å²) in [5, 5.41) is 0. The molecular weight excluding hydrogens is 344 g/mol. The summed E-state index contributed by atoms with van der Waals surface area (Å²) < 4.78 is 0. The monoisotopic (exact) mass is 372 g/mol. The molecule has 2 fully saturated rings. The van der Waals surface area contributed by atoms with Crippen LogP contribution in [0.3, 0.4) is 0 Å². The predicted molar refractivity (Wildman–Crippen MR) is 104 cm³/mol. The maximum Gasteiger partial charge on any atom is 0.227 e. The number of benzene rings is 1. The Balaban J connectivity index is 1.30. The summed E-state index contributed by atoms with van der Waals surface area (Å²) in [6.45, 7) is 2.75. The van der Waals surface area contributed by atoms with Gasteiger partial charge in [-0.05, 0) is 48.6 Å². The van der Waals surface area contributed by atoms with Gasteiger partial charge in [-0.2, -0.15) is 0 Å². The number of thioether (sulfide) groups is 1. The van der Waals surface area contributed by atoms with E-state index in [0.717, 1.165) is 24.8 Å². The average molecular weight is 373 g/mol. The van der Waals surface area contributed by atoms with Gasteiger partial charge in [0.25, 0.3) is 0 Å². The van der Waals surface area contributed by atoms with E-state index in [4.69, 9.17) is 0 Å². The molecule has 0 spiro atoms. The van der Waals surface area contributed by atoms with E-state index in [1.54, 1.807) is 0 Å². The van der Waals surface area contributed by atoms with Gasteiger partial charge >= 0.3 is 0 Å². The van der Waals surface area contributed by atoms with E-state index in [9.17, 15) is 9.59 Å². The summed E-state index contributed by atoms with van der Waals surface area (Å²) in [6.07, 6.45) is 7.32. The Kier molecular flexibility index (Phi) is 5.53. The largest absolute Gasteiger partial charge is 0.339 e. The lowest BCUT2D eigenvalue weighted by Gasteiger charge is -2.36. The van der Waals surface area contributed by atoms with E-state index in [0.29, 0.717) is 38.5 Å².